The lowest BCUT2D eigenvalue weighted by molar-refractivity contribution is -0.118. The number of aliphatic hydroxyl groups is 1. The highest BCUT2D eigenvalue weighted by Gasteiger charge is 2.32. The summed E-state index contributed by atoms with van der Waals surface area (Å²) < 4.78 is 11.6. The molecule has 2 N–H and O–H groups in total. The fraction of sp³-hybridized carbons (Fsp3) is 0.476. The van der Waals surface area contributed by atoms with Crippen LogP contribution < -0.4 is 14.8 Å². The van der Waals surface area contributed by atoms with Gasteiger partial charge in [0.1, 0.15) is 11.3 Å². The van der Waals surface area contributed by atoms with Crippen LogP contribution >= 0.6 is 11.3 Å². The van der Waals surface area contributed by atoms with Gasteiger partial charge in [-0.25, -0.2) is 4.98 Å². The number of fused-ring (bicyclic) bond motifs is 1. The number of likely N-dealkylation sites (tertiary alicyclic amines) is 1. The summed E-state index contributed by atoms with van der Waals surface area (Å²) in [4.78, 5) is 30.7. The summed E-state index contributed by atoms with van der Waals surface area (Å²) in [6.45, 7) is 5.05. The molecule has 1 atom stereocenters. The molecule has 4 rings (SSSR count). The molecule has 0 bridgehead atoms. The SMILES string of the molecule is CC1(C)Cc2cccc(OCC(=O)Nc3nc(C(=O)N4CC[C@H](CO)C4)cs3)c2O1. The van der Waals surface area contributed by atoms with Crippen LogP contribution in [-0.4, -0.2) is 58.7 Å². The first-order valence-corrected chi connectivity index (χ1v) is 10.8. The largest absolute Gasteiger partial charge is 0.483 e. The highest BCUT2D eigenvalue weighted by molar-refractivity contribution is 7.14. The van der Waals surface area contributed by atoms with Crippen molar-refractivity contribution in [3.8, 4) is 11.5 Å². The molecule has 30 heavy (non-hydrogen) atoms. The summed E-state index contributed by atoms with van der Waals surface area (Å²) >= 11 is 1.19. The minimum absolute atomic E-state index is 0.0787. The van der Waals surface area contributed by atoms with Crippen molar-refractivity contribution in [2.24, 2.45) is 5.92 Å². The van der Waals surface area contributed by atoms with Crippen LogP contribution in [0.2, 0.25) is 0 Å². The maximum atomic E-state index is 12.5. The Balaban J connectivity index is 1.32. The van der Waals surface area contributed by atoms with E-state index in [0.29, 0.717) is 35.4 Å². The number of hydrogen-bond donors (Lipinski definition) is 2. The van der Waals surface area contributed by atoms with Crippen LogP contribution in [0.4, 0.5) is 5.13 Å². The van der Waals surface area contributed by atoms with Gasteiger partial charge in [-0.2, -0.15) is 0 Å². The number of nitrogens with one attached hydrogen (secondary N) is 1. The first kappa shape index (κ1) is 20.6. The van der Waals surface area contributed by atoms with Crippen molar-refractivity contribution in [3.05, 3.63) is 34.8 Å². The molecule has 2 aliphatic rings. The van der Waals surface area contributed by atoms with E-state index in [2.05, 4.69) is 10.3 Å². The number of aliphatic hydroxyl groups excluding tert-OH is 1. The third-order valence-corrected chi connectivity index (χ3v) is 5.97. The molecule has 3 heterocycles. The number of nitrogens with zero attached hydrogens (tertiary/aromatic N) is 2. The summed E-state index contributed by atoms with van der Waals surface area (Å²) in [6, 6.07) is 5.66. The Morgan fingerprint density at radius 2 is 2.27 bits per heavy atom. The predicted molar refractivity (Wildman–Crippen MR) is 112 cm³/mol. The molecule has 0 aliphatic carbocycles. The number of para-hydroxylation sites is 1. The second kappa shape index (κ2) is 8.23. The Labute approximate surface area is 178 Å². The molecule has 0 spiro atoms. The third kappa shape index (κ3) is 4.41. The molecule has 1 fully saturated rings. The lowest BCUT2D eigenvalue weighted by atomic mass is 10.0. The number of amides is 2. The molecule has 0 unspecified atom stereocenters. The van der Waals surface area contributed by atoms with Crippen molar-refractivity contribution in [1.29, 1.82) is 0 Å². The minimum atomic E-state index is -0.361. The minimum Gasteiger partial charge on any atom is -0.483 e. The van der Waals surface area contributed by atoms with Gasteiger partial charge >= 0.3 is 0 Å². The van der Waals surface area contributed by atoms with E-state index in [1.165, 1.54) is 11.3 Å². The number of aromatic nitrogens is 1. The molecule has 0 radical (unpaired) electrons. The fourth-order valence-corrected chi connectivity index (χ4v) is 4.46. The number of benzene rings is 1. The Bertz CT molecular complexity index is 958. The number of carbonyl (C=O) groups excluding carboxylic acids is 2. The average molecular weight is 432 g/mol. The van der Waals surface area contributed by atoms with Crippen LogP contribution in [0.1, 0.15) is 36.3 Å². The Kier molecular flexibility index (Phi) is 5.66. The van der Waals surface area contributed by atoms with Gasteiger partial charge in [0.25, 0.3) is 11.8 Å². The van der Waals surface area contributed by atoms with Crippen molar-refractivity contribution in [2.75, 3.05) is 31.6 Å². The van der Waals surface area contributed by atoms with E-state index in [1.54, 1.807) is 16.3 Å². The molecular weight excluding hydrogens is 406 g/mol. The van der Waals surface area contributed by atoms with Gasteiger partial charge in [-0.3, -0.25) is 14.9 Å². The van der Waals surface area contributed by atoms with Gasteiger partial charge in [-0.15, -0.1) is 11.3 Å². The number of carbonyl (C=O) groups is 2. The molecule has 0 saturated carbocycles. The molecule has 2 amide bonds. The van der Waals surface area contributed by atoms with Crippen molar-refractivity contribution in [2.45, 2.75) is 32.3 Å². The third-order valence-electron chi connectivity index (χ3n) is 5.21. The highest BCUT2D eigenvalue weighted by atomic mass is 32.1. The predicted octanol–water partition coefficient (Wildman–Crippen LogP) is 2.33. The summed E-state index contributed by atoms with van der Waals surface area (Å²) in [5.41, 5.74) is 1.07. The van der Waals surface area contributed by atoms with Crippen molar-refractivity contribution in [1.82, 2.24) is 9.88 Å². The molecular formula is C21H25N3O5S. The maximum absolute atomic E-state index is 12.5. The van der Waals surface area contributed by atoms with Crippen LogP contribution in [-0.2, 0) is 11.2 Å². The highest BCUT2D eigenvalue weighted by Crippen LogP contribution is 2.41. The van der Waals surface area contributed by atoms with Crippen molar-refractivity contribution >= 4 is 28.3 Å². The smallest absolute Gasteiger partial charge is 0.273 e. The van der Waals surface area contributed by atoms with E-state index in [1.807, 2.05) is 26.0 Å². The van der Waals surface area contributed by atoms with E-state index < -0.39 is 0 Å². The van der Waals surface area contributed by atoms with Crippen molar-refractivity contribution in [3.63, 3.8) is 0 Å². The van der Waals surface area contributed by atoms with Gasteiger partial charge in [0, 0.05) is 43.0 Å². The number of hydrogen-bond acceptors (Lipinski definition) is 7. The van der Waals surface area contributed by atoms with Crippen molar-refractivity contribution < 1.29 is 24.2 Å². The van der Waals surface area contributed by atoms with Crippen LogP contribution in [0.3, 0.4) is 0 Å². The van der Waals surface area contributed by atoms with E-state index >= 15 is 0 Å². The van der Waals surface area contributed by atoms with Crippen LogP contribution in [0.5, 0.6) is 11.5 Å². The van der Waals surface area contributed by atoms with Gasteiger partial charge in [0.2, 0.25) is 0 Å². The van der Waals surface area contributed by atoms with Gasteiger partial charge in [-0.1, -0.05) is 12.1 Å². The quantitative estimate of drug-likeness (QED) is 0.728. The zero-order valence-electron chi connectivity index (χ0n) is 17.0. The fourth-order valence-electron chi connectivity index (χ4n) is 3.76. The Hall–Kier alpha value is -2.65. The normalized spacial score (nSPS) is 19.3. The van der Waals surface area contributed by atoms with E-state index in [0.717, 1.165) is 18.4 Å². The number of thiazole rings is 1. The molecule has 1 aromatic carbocycles. The summed E-state index contributed by atoms with van der Waals surface area (Å²) in [7, 11) is 0. The number of ether oxygens (including phenoxy) is 2. The monoisotopic (exact) mass is 431 g/mol. The maximum Gasteiger partial charge on any atom is 0.273 e. The summed E-state index contributed by atoms with van der Waals surface area (Å²) in [6.07, 6.45) is 1.58. The molecule has 2 aromatic rings. The standard InChI is InChI=1S/C21H25N3O5S/c1-21(2)8-14-4-3-5-16(18(14)29-21)28-11-17(26)23-20-22-15(12-30-20)19(27)24-7-6-13(9-24)10-25/h3-5,12-13,25H,6-11H2,1-2H3,(H,22,23,26)/t13-/m0/s1. The second-order valence-electron chi connectivity index (χ2n) is 8.25. The molecule has 1 aromatic heterocycles. The molecule has 8 nitrogen and oxygen atoms in total. The van der Waals surface area contributed by atoms with Gasteiger partial charge in [-0.05, 0) is 26.3 Å². The lowest BCUT2D eigenvalue weighted by Crippen LogP contribution is -2.29. The van der Waals surface area contributed by atoms with E-state index in [-0.39, 0.29) is 36.5 Å². The average Bonchev–Trinajstić information content (AvgIpc) is 3.42. The van der Waals surface area contributed by atoms with Crippen LogP contribution in [0, 0.1) is 5.92 Å². The second-order valence-corrected chi connectivity index (χ2v) is 9.10. The molecule has 2 aliphatic heterocycles. The van der Waals surface area contributed by atoms with Gasteiger partial charge < -0.3 is 19.5 Å². The van der Waals surface area contributed by atoms with E-state index in [4.69, 9.17) is 9.47 Å². The molecule has 9 heteroatoms. The topological polar surface area (TPSA) is 101 Å². The summed E-state index contributed by atoms with van der Waals surface area (Å²) in [5.74, 6) is 0.802. The zero-order chi connectivity index (χ0) is 21.3. The first-order valence-electron chi connectivity index (χ1n) is 9.94. The summed E-state index contributed by atoms with van der Waals surface area (Å²) in [5, 5.41) is 13.9. The zero-order valence-corrected chi connectivity index (χ0v) is 17.8. The number of anilines is 1. The van der Waals surface area contributed by atoms with Crippen LogP contribution in [0.25, 0.3) is 0 Å². The number of rotatable bonds is 6. The molecule has 1 saturated heterocycles. The van der Waals surface area contributed by atoms with Gasteiger partial charge in [0.15, 0.2) is 23.2 Å². The first-order chi connectivity index (χ1) is 14.3. The Morgan fingerprint density at radius 3 is 3.03 bits per heavy atom. The Morgan fingerprint density at radius 1 is 1.43 bits per heavy atom. The van der Waals surface area contributed by atoms with Gasteiger partial charge in [0.05, 0.1) is 0 Å². The van der Waals surface area contributed by atoms with Crippen LogP contribution in [0.15, 0.2) is 23.6 Å². The van der Waals surface area contributed by atoms with E-state index in [9.17, 15) is 14.7 Å². The lowest BCUT2D eigenvalue weighted by Gasteiger charge is -2.18. The molecule has 160 valence electrons.